The molecule has 0 fully saturated rings. The molecule has 0 atom stereocenters. The molecule has 6 heteroatoms. The van der Waals surface area contributed by atoms with Crippen LogP contribution in [0.5, 0.6) is 11.5 Å². The minimum absolute atomic E-state index is 0.146. The predicted molar refractivity (Wildman–Crippen MR) is 78.3 cm³/mol. The summed E-state index contributed by atoms with van der Waals surface area (Å²) in [5.41, 5.74) is 0. The molecule has 1 aromatic carbocycles. The van der Waals surface area contributed by atoms with E-state index in [0.717, 1.165) is 15.1 Å². The van der Waals surface area contributed by atoms with Gasteiger partial charge in [-0.1, -0.05) is 0 Å². The van der Waals surface area contributed by atoms with Crippen LogP contribution in [0.15, 0.2) is 18.2 Å². The first kappa shape index (κ1) is 15.3. The van der Waals surface area contributed by atoms with Gasteiger partial charge in [-0.2, -0.15) is 0 Å². The number of rotatable bonds is 5. The Bertz CT molecular complexity index is 399. The molecule has 1 aromatic rings. The van der Waals surface area contributed by atoms with E-state index in [1.54, 1.807) is 21.1 Å². The molecule has 0 spiro atoms. The normalized spacial score (nSPS) is 12.1. The number of ether oxygens (including phenoxy) is 2. The molecule has 0 amide bonds. The third-order valence-corrected chi connectivity index (χ3v) is 14.5. The van der Waals surface area contributed by atoms with Crippen molar-refractivity contribution < 1.29 is 14.3 Å². The summed E-state index contributed by atoms with van der Waals surface area (Å²) in [7, 11) is 3.23. The van der Waals surface area contributed by atoms with Gasteiger partial charge < -0.3 is 0 Å². The van der Waals surface area contributed by atoms with Crippen molar-refractivity contribution in [3.63, 3.8) is 0 Å². The molecule has 0 saturated carbocycles. The molecule has 0 bridgehead atoms. The molecule has 3 nitrogen and oxygen atoms in total. The van der Waals surface area contributed by atoms with E-state index in [0.29, 0.717) is 4.47 Å². The van der Waals surface area contributed by atoms with E-state index in [1.165, 1.54) is 0 Å². The van der Waals surface area contributed by atoms with Crippen molar-refractivity contribution in [3.8, 4) is 11.5 Å². The standard InChI is InChI=1S/C11H14Br2O3Te/c1-8(14)7-17(12,13)11-9(15-2)5-4-6-10(11)16-3/h4-6H,7H2,1-3H3. The molecule has 0 aliphatic carbocycles. The average Bonchev–Trinajstić information content (AvgIpc) is 2.26. The van der Waals surface area contributed by atoms with Crippen molar-refractivity contribution >= 4 is 48.7 Å². The number of hydrogen-bond acceptors (Lipinski definition) is 3. The average molecular weight is 482 g/mol. The number of ketones is 1. The zero-order valence-corrected chi connectivity index (χ0v) is 15.3. The van der Waals surface area contributed by atoms with Gasteiger partial charge in [0.05, 0.1) is 0 Å². The monoisotopic (exact) mass is 482 g/mol. The van der Waals surface area contributed by atoms with Gasteiger partial charge in [-0.15, -0.1) is 0 Å². The minimum atomic E-state index is -2.83. The van der Waals surface area contributed by atoms with E-state index in [-0.39, 0.29) is 5.78 Å². The third-order valence-electron chi connectivity index (χ3n) is 2.07. The molecule has 1 rings (SSSR count). The molecular formula is C11H14Br2O3Te. The Kier molecular flexibility index (Phi) is 5.78. The van der Waals surface area contributed by atoms with Crippen LogP contribution in [0, 0.1) is 0 Å². The summed E-state index contributed by atoms with van der Waals surface area (Å²) in [5.74, 6) is 1.65. The number of Topliss-reactive ketones (excluding diaryl/α,β-unsaturated/α-hetero) is 1. The molecule has 0 unspecified atom stereocenters. The molecule has 0 radical (unpaired) electrons. The first-order chi connectivity index (χ1) is 7.92. The van der Waals surface area contributed by atoms with Crippen LogP contribution in [0.4, 0.5) is 0 Å². The van der Waals surface area contributed by atoms with E-state index in [4.69, 9.17) is 9.47 Å². The summed E-state index contributed by atoms with van der Waals surface area (Å²) in [5, 5.41) is 0. The summed E-state index contributed by atoms with van der Waals surface area (Å²) < 4.78 is 12.2. The van der Waals surface area contributed by atoms with Crippen LogP contribution in [0.2, 0.25) is 4.47 Å². The number of carbonyl (C=O) groups is 1. The maximum absolute atomic E-state index is 11.3. The van der Waals surface area contributed by atoms with Crippen molar-refractivity contribution in [2.75, 3.05) is 14.2 Å². The first-order valence-electron chi connectivity index (χ1n) is 4.83. The fourth-order valence-electron chi connectivity index (χ4n) is 1.44. The summed E-state index contributed by atoms with van der Waals surface area (Å²) >= 11 is 4.57. The maximum atomic E-state index is 11.3. The van der Waals surface area contributed by atoms with Crippen LogP contribution >= 0.6 is 25.5 Å². The van der Waals surface area contributed by atoms with Gasteiger partial charge in [0, 0.05) is 0 Å². The van der Waals surface area contributed by atoms with Crippen molar-refractivity contribution in [1.29, 1.82) is 0 Å². The van der Waals surface area contributed by atoms with Crippen LogP contribution in [0.1, 0.15) is 6.92 Å². The van der Waals surface area contributed by atoms with E-state index >= 15 is 0 Å². The number of carbonyl (C=O) groups excluding carboxylic acids is 1. The zero-order valence-electron chi connectivity index (χ0n) is 9.83. The number of hydrogen-bond donors (Lipinski definition) is 0. The second-order valence-corrected chi connectivity index (χ2v) is 29.3. The molecule has 0 N–H and O–H groups in total. The molecule has 0 heterocycles. The summed E-state index contributed by atoms with van der Waals surface area (Å²) in [6.45, 7) is 1.59. The molecule has 0 aliphatic heterocycles. The van der Waals surface area contributed by atoms with Gasteiger partial charge in [0.15, 0.2) is 0 Å². The SMILES string of the molecule is COc1cccc(OC)c1[Te](Br)(Br)CC(C)=O. The summed E-state index contributed by atoms with van der Waals surface area (Å²) in [6, 6.07) is 5.62. The van der Waals surface area contributed by atoms with Crippen molar-refractivity contribution in [1.82, 2.24) is 0 Å². The Balaban J connectivity index is 3.30. The van der Waals surface area contributed by atoms with Crippen LogP contribution in [0.3, 0.4) is 0 Å². The van der Waals surface area contributed by atoms with Crippen molar-refractivity contribution in [2.45, 2.75) is 11.4 Å². The van der Waals surface area contributed by atoms with Gasteiger partial charge >= 0.3 is 118 Å². The molecular weight excluding hydrogens is 468 g/mol. The summed E-state index contributed by atoms with van der Waals surface area (Å²) in [6.07, 6.45) is 0. The quantitative estimate of drug-likeness (QED) is 0.607. The Morgan fingerprint density at radius 3 is 2.06 bits per heavy atom. The molecule has 17 heavy (non-hydrogen) atoms. The van der Waals surface area contributed by atoms with E-state index < -0.39 is 13.8 Å². The molecule has 0 aliphatic rings. The fourth-order valence-corrected chi connectivity index (χ4v) is 14.5. The van der Waals surface area contributed by atoms with Crippen LogP contribution in [-0.4, -0.2) is 33.8 Å². The van der Waals surface area contributed by atoms with Gasteiger partial charge in [0.1, 0.15) is 0 Å². The van der Waals surface area contributed by atoms with Gasteiger partial charge in [0.25, 0.3) is 0 Å². The molecule has 96 valence electrons. The van der Waals surface area contributed by atoms with Crippen molar-refractivity contribution in [3.05, 3.63) is 18.2 Å². The predicted octanol–water partition coefficient (Wildman–Crippen LogP) is 2.73. The zero-order chi connectivity index (χ0) is 13.1. The number of halogens is 2. The van der Waals surface area contributed by atoms with Crippen LogP contribution < -0.4 is 13.1 Å². The Hall–Kier alpha value is 0.240. The Morgan fingerprint density at radius 1 is 1.24 bits per heavy atom. The third kappa shape index (κ3) is 3.85. The number of benzene rings is 1. The topological polar surface area (TPSA) is 35.5 Å². The molecule has 0 saturated heterocycles. The van der Waals surface area contributed by atoms with E-state index in [1.807, 2.05) is 18.2 Å². The van der Waals surface area contributed by atoms with Gasteiger partial charge in [-0.05, 0) is 0 Å². The fraction of sp³-hybridized carbons (Fsp3) is 0.364. The van der Waals surface area contributed by atoms with Gasteiger partial charge in [0.2, 0.25) is 0 Å². The summed E-state index contributed by atoms with van der Waals surface area (Å²) in [4.78, 5) is 11.3. The Labute approximate surface area is 117 Å². The second kappa shape index (κ2) is 6.42. The Morgan fingerprint density at radius 2 is 1.71 bits per heavy atom. The van der Waals surface area contributed by atoms with Crippen molar-refractivity contribution in [2.24, 2.45) is 0 Å². The molecule has 0 aromatic heterocycles. The van der Waals surface area contributed by atoms with Crippen LogP contribution in [0.25, 0.3) is 0 Å². The van der Waals surface area contributed by atoms with Gasteiger partial charge in [-0.25, -0.2) is 0 Å². The van der Waals surface area contributed by atoms with E-state index in [9.17, 15) is 4.79 Å². The van der Waals surface area contributed by atoms with Crippen LogP contribution in [-0.2, 0) is 4.79 Å². The number of methoxy groups -OCH3 is 2. The first-order valence-corrected chi connectivity index (χ1v) is 18.1. The van der Waals surface area contributed by atoms with E-state index in [2.05, 4.69) is 25.5 Å². The second-order valence-electron chi connectivity index (χ2n) is 3.41. The van der Waals surface area contributed by atoms with Gasteiger partial charge in [-0.3, -0.25) is 0 Å².